The van der Waals surface area contributed by atoms with E-state index in [0.717, 1.165) is 51.4 Å². The van der Waals surface area contributed by atoms with Crippen LogP contribution in [0.4, 0.5) is 4.39 Å². The molecule has 5 nitrogen and oxygen atoms in total. The molecule has 4 saturated carbocycles. The Kier molecular flexibility index (Phi) is 8.64. The Bertz CT molecular complexity index is 1480. The molecule has 0 radical (unpaired) electrons. The van der Waals surface area contributed by atoms with Crippen LogP contribution in [-0.2, 0) is 4.74 Å². The fraction of sp³-hybridized carbons (Fsp3) is 0.738. The second-order valence-corrected chi connectivity index (χ2v) is 18.3. The fourth-order valence-electron chi connectivity index (χ4n) is 13.7. The van der Waals surface area contributed by atoms with Crippen LogP contribution >= 0.6 is 0 Å². The van der Waals surface area contributed by atoms with Gasteiger partial charge in [-0.25, -0.2) is 9.18 Å². The Balaban J connectivity index is 1.17. The van der Waals surface area contributed by atoms with Gasteiger partial charge in [0.2, 0.25) is 0 Å². The van der Waals surface area contributed by atoms with Gasteiger partial charge in [-0.05, 0) is 139 Å². The van der Waals surface area contributed by atoms with Gasteiger partial charge in [0.1, 0.15) is 5.82 Å². The van der Waals surface area contributed by atoms with Gasteiger partial charge in [0.05, 0.1) is 18.8 Å². The Morgan fingerprint density at radius 3 is 2.44 bits per heavy atom. The number of carboxylic acid groups (broad SMARTS) is 1. The first-order valence-corrected chi connectivity index (χ1v) is 19.1. The predicted molar refractivity (Wildman–Crippen MR) is 191 cm³/mol. The number of hydrogen-bond donors (Lipinski definition) is 2. The zero-order chi connectivity index (χ0) is 34.3. The third-order valence-corrected chi connectivity index (χ3v) is 16.2. The summed E-state index contributed by atoms with van der Waals surface area (Å²) in [5.41, 5.74) is 3.97. The van der Waals surface area contributed by atoms with E-state index >= 15 is 0 Å². The summed E-state index contributed by atoms with van der Waals surface area (Å²) in [5.74, 6) is 1.23. The summed E-state index contributed by atoms with van der Waals surface area (Å²) in [5, 5.41) is 13.7. The maximum atomic E-state index is 14.9. The van der Waals surface area contributed by atoms with Crippen LogP contribution in [0.5, 0.6) is 0 Å². The highest BCUT2D eigenvalue weighted by molar-refractivity contribution is 5.88. The molecule has 5 aliphatic carbocycles. The molecule has 0 spiro atoms. The number of hydrogen-bond acceptors (Lipinski definition) is 4. The highest BCUT2D eigenvalue weighted by Crippen LogP contribution is 2.76. The van der Waals surface area contributed by atoms with Gasteiger partial charge >= 0.3 is 5.97 Å². The van der Waals surface area contributed by atoms with E-state index in [1.54, 1.807) is 0 Å². The third kappa shape index (κ3) is 5.04. The normalized spacial score (nSPS) is 42.1. The number of benzene rings is 1. The third-order valence-electron chi connectivity index (χ3n) is 16.2. The van der Waals surface area contributed by atoms with Crippen molar-refractivity contribution in [2.45, 2.75) is 105 Å². The molecule has 5 fully saturated rings. The molecule has 0 bridgehead atoms. The van der Waals surface area contributed by atoms with Crippen molar-refractivity contribution in [1.29, 1.82) is 0 Å². The van der Waals surface area contributed by atoms with Crippen molar-refractivity contribution in [3.05, 3.63) is 53.4 Å². The van der Waals surface area contributed by atoms with E-state index in [4.69, 9.17) is 4.74 Å². The Labute approximate surface area is 289 Å². The van der Waals surface area contributed by atoms with Crippen LogP contribution in [0, 0.1) is 57.1 Å². The van der Waals surface area contributed by atoms with Gasteiger partial charge in [0, 0.05) is 31.7 Å². The maximum Gasteiger partial charge on any atom is 0.338 e. The Morgan fingerprint density at radius 1 is 1.00 bits per heavy atom. The second-order valence-electron chi connectivity index (χ2n) is 18.3. The smallest absolute Gasteiger partial charge is 0.338 e. The molecule has 1 aromatic carbocycles. The zero-order valence-corrected chi connectivity index (χ0v) is 30.6. The predicted octanol–water partition coefficient (Wildman–Crippen LogP) is 8.85. The van der Waals surface area contributed by atoms with Crippen molar-refractivity contribution >= 4 is 11.5 Å². The minimum absolute atomic E-state index is 0.133. The lowest BCUT2D eigenvalue weighted by atomic mass is 9.33. The van der Waals surface area contributed by atoms with Crippen LogP contribution in [0.2, 0.25) is 0 Å². The van der Waals surface area contributed by atoms with Crippen molar-refractivity contribution in [2.75, 3.05) is 39.4 Å². The van der Waals surface area contributed by atoms with E-state index in [1.807, 2.05) is 6.07 Å². The number of nitrogens with zero attached hydrogens (tertiary/aromatic N) is 1. The molecule has 264 valence electrons. The average Bonchev–Trinajstić information content (AvgIpc) is 3.41. The first kappa shape index (κ1) is 34.4. The van der Waals surface area contributed by atoms with E-state index in [2.05, 4.69) is 64.4 Å². The van der Waals surface area contributed by atoms with E-state index in [1.165, 1.54) is 74.6 Å². The zero-order valence-electron chi connectivity index (χ0n) is 30.6. The molecule has 1 aromatic rings. The maximum absolute atomic E-state index is 14.9. The number of carbonyl (C=O) groups is 1. The number of fused-ring (bicyclic) bond motifs is 7. The van der Waals surface area contributed by atoms with Crippen molar-refractivity contribution in [3.8, 4) is 0 Å². The molecule has 48 heavy (non-hydrogen) atoms. The van der Waals surface area contributed by atoms with Crippen LogP contribution in [0.3, 0.4) is 0 Å². The monoisotopic (exact) mass is 660 g/mol. The van der Waals surface area contributed by atoms with Crippen molar-refractivity contribution in [2.24, 2.45) is 51.2 Å². The summed E-state index contributed by atoms with van der Waals surface area (Å²) in [6.45, 7) is 25.6. The van der Waals surface area contributed by atoms with Crippen molar-refractivity contribution in [1.82, 2.24) is 10.2 Å². The molecule has 1 heterocycles. The molecule has 7 rings (SSSR count). The van der Waals surface area contributed by atoms with Gasteiger partial charge in [-0.1, -0.05) is 58.9 Å². The van der Waals surface area contributed by atoms with Crippen molar-refractivity contribution in [3.63, 3.8) is 0 Å². The lowest BCUT2D eigenvalue weighted by molar-refractivity contribution is -0.219. The van der Waals surface area contributed by atoms with Crippen molar-refractivity contribution < 1.29 is 19.0 Å². The number of halogens is 1. The van der Waals surface area contributed by atoms with Crippen LogP contribution in [0.1, 0.15) is 115 Å². The standard InChI is InChI=1S/C42H61FN2O3/c1-27(2)29-12-17-42(44-20-21-45-22-24-48-25-23-45)19-18-40(6)32(36(29)42)10-11-35-39(5)15-13-31(28-8-9-30(37(46)47)33(43)26-28)38(3,4)34(39)14-16-41(35,40)7/h8-9,13,26,29,32,34-36,44H,1,10-12,14-25H2,2-7H3,(H,46,47)/t29-,32+,34-,35+,36+,39-,40+,41+,42-/m0/s1. The summed E-state index contributed by atoms with van der Waals surface area (Å²) in [7, 11) is 0. The summed E-state index contributed by atoms with van der Waals surface area (Å²) >= 11 is 0. The molecule has 9 atom stereocenters. The van der Waals surface area contributed by atoms with E-state index in [0.29, 0.717) is 29.6 Å². The Morgan fingerprint density at radius 2 is 1.75 bits per heavy atom. The number of aromatic carboxylic acids is 1. The lowest BCUT2D eigenvalue weighted by Crippen LogP contribution is -2.68. The van der Waals surface area contributed by atoms with E-state index in [-0.39, 0.29) is 32.8 Å². The first-order valence-electron chi connectivity index (χ1n) is 19.1. The van der Waals surface area contributed by atoms with Crippen LogP contribution in [-0.4, -0.2) is 60.9 Å². The summed E-state index contributed by atoms with van der Waals surface area (Å²) < 4.78 is 20.5. The highest BCUT2D eigenvalue weighted by atomic mass is 19.1. The minimum atomic E-state index is -1.21. The topological polar surface area (TPSA) is 61.8 Å². The molecule has 0 unspecified atom stereocenters. The lowest BCUT2D eigenvalue weighted by Gasteiger charge is -2.72. The number of allylic oxidation sites excluding steroid dienone is 3. The molecular weight excluding hydrogens is 599 g/mol. The molecule has 6 heteroatoms. The second kappa shape index (κ2) is 12.0. The van der Waals surface area contributed by atoms with Gasteiger partial charge in [0.15, 0.2) is 0 Å². The number of carboxylic acids is 1. The molecule has 0 aromatic heterocycles. The molecule has 1 saturated heterocycles. The number of rotatable bonds is 7. The number of ether oxygens (including phenoxy) is 1. The molecule has 2 N–H and O–H groups in total. The highest BCUT2D eigenvalue weighted by Gasteiger charge is 2.70. The van der Waals surface area contributed by atoms with Gasteiger partial charge in [-0.15, -0.1) is 0 Å². The Hall–Kier alpha value is -2.02. The van der Waals surface area contributed by atoms with Gasteiger partial charge in [0.25, 0.3) is 0 Å². The van der Waals surface area contributed by atoms with E-state index in [9.17, 15) is 14.3 Å². The first-order chi connectivity index (χ1) is 22.7. The number of nitrogens with one attached hydrogen (secondary N) is 1. The van der Waals surface area contributed by atoms with Crippen LogP contribution < -0.4 is 5.32 Å². The SMILES string of the molecule is C=C(C)[C@@H]1CC[C@]2(NCCN3CCOCC3)CC[C@]3(C)[C@H](CC[C@@H]4[C@@]5(C)CC=C(c6ccc(C(=O)O)c(F)c6)C(C)(C)[C@@H]5CC[C@]43C)[C@@H]12. The van der Waals surface area contributed by atoms with Crippen LogP contribution in [0.15, 0.2) is 36.4 Å². The molecular formula is C42H61FN2O3. The van der Waals surface area contributed by atoms with Gasteiger partial charge in [-0.2, -0.15) is 0 Å². The molecule has 0 amide bonds. The average molecular weight is 661 g/mol. The van der Waals surface area contributed by atoms with Gasteiger partial charge < -0.3 is 15.2 Å². The minimum Gasteiger partial charge on any atom is -0.478 e. The quantitative estimate of drug-likeness (QED) is 0.286. The van der Waals surface area contributed by atoms with Gasteiger partial charge in [-0.3, -0.25) is 4.90 Å². The fourth-order valence-corrected chi connectivity index (χ4v) is 13.7. The van der Waals surface area contributed by atoms with Crippen LogP contribution in [0.25, 0.3) is 5.57 Å². The summed E-state index contributed by atoms with van der Waals surface area (Å²) in [6.07, 6.45) is 13.6. The summed E-state index contributed by atoms with van der Waals surface area (Å²) in [6, 6.07) is 4.73. The molecule has 1 aliphatic heterocycles. The van der Waals surface area contributed by atoms with E-state index < -0.39 is 11.8 Å². The summed E-state index contributed by atoms with van der Waals surface area (Å²) in [4.78, 5) is 14.1. The number of morpholine rings is 1. The molecule has 6 aliphatic rings. The largest absolute Gasteiger partial charge is 0.478 e.